The first-order valence-corrected chi connectivity index (χ1v) is 9.10. The van der Waals surface area contributed by atoms with Crippen molar-refractivity contribution in [3.8, 4) is 0 Å². The number of hydrogen-bond acceptors (Lipinski definition) is 3. The zero-order chi connectivity index (χ0) is 18.8. The fraction of sp³-hybridized carbons (Fsp3) is 0.333. The molecule has 0 saturated carbocycles. The minimum absolute atomic E-state index is 0.00310. The van der Waals surface area contributed by atoms with Gasteiger partial charge < -0.3 is 16.0 Å². The van der Waals surface area contributed by atoms with Crippen LogP contribution in [0.15, 0.2) is 54.6 Å². The number of carbonyl (C=O) groups is 2. The molecule has 2 aromatic rings. The monoisotopic (exact) mass is 353 g/mol. The van der Waals surface area contributed by atoms with Gasteiger partial charge in [0.15, 0.2) is 0 Å². The van der Waals surface area contributed by atoms with Crippen molar-refractivity contribution in [1.29, 1.82) is 0 Å². The van der Waals surface area contributed by atoms with Gasteiger partial charge in [-0.25, -0.2) is 0 Å². The summed E-state index contributed by atoms with van der Waals surface area (Å²) < 4.78 is 0. The van der Waals surface area contributed by atoms with E-state index >= 15 is 0 Å². The molecule has 0 bridgehead atoms. The minimum atomic E-state index is -0.102. The van der Waals surface area contributed by atoms with Crippen molar-refractivity contribution in [2.75, 3.05) is 18.4 Å². The highest BCUT2D eigenvalue weighted by molar-refractivity contribution is 5.95. The van der Waals surface area contributed by atoms with E-state index in [0.29, 0.717) is 12.1 Å². The summed E-state index contributed by atoms with van der Waals surface area (Å²) in [5.74, 6) is -0.184. The van der Waals surface area contributed by atoms with Crippen molar-refractivity contribution in [3.05, 3.63) is 65.7 Å². The molecule has 26 heavy (non-hydrogen) atoms. The van der Waals surface area contributed by atoms with Crippen LogP contribution in [-0.2, 0) is 4.79 Å². The van der Waals surface area contributed by atoms with Crippen LogP contribution in [0.1, 0.15) is 48.7 Å². The molecule has 0 radical (unpaired) electrons. The highest BCUT2D eigenvalue weighted by atomic mass is 16.2. The Balaban J connectivity index is 1.89. The summed E-state index contributed by atoms with van der Waals surface area (Å²) in [6.07, 6.45) is 1.71. The lowest BCUT2D eigenvalue weighted by Gasteiger charge is -2.18. The highest BCUT2D eigenvalue weighted by Gasteiger charge is 2.12. The van der Waals surface area contributed by atoms with E-state index < -0.39 is 0 Å². The van der Waals surface area contributed by atoms with Crippen LogP contribution in [0.4, 0.5) is 5.69 Å². The van der Waals surface area contributed by atoms with Crippen LogP contribution in [-0.4, -0.2) is 24.9 Å². The maximum Gasteiger partial charge on any atom is 0.251 e. The lowest BCUT2D eigenvalue weighted by atomic mass is 10.0. The Morgan fingerprint density at radius 2 is 1.77 bits per heavy atom. The van der Waals surface area contributed by atoms with Crippen molar-refractivity contribution in [1.82, 2.24) is 10.6 Å². The quantitative estimate of drug-likeness (QED) is 0.646. The standard InChI is InChI=1S/C21H27N3O2/c1-3-13-22-21(26)17-11-8-12-18(14-17)23-15-20(25)24-19(4-2)16-9-6-5-7-10-16/h5-12,14,19,23H,3-4,13,15H2,1-2H3,(H,22,26)(H,24,25). The number of rotatable bonds is 9. The van der Waals surface area contributed by atoms with Gasteiger partial charge in [-0.3, -0.25) is 9.59 Å². The van der Waals surface area contributed by atoms with E-state index in [-0.39, 0.29) is 24.4 Å². The van der Waals surface area contributed by atoms with Crippen LogP contribution >= 0.6 is 0 Å². The van der Waals surface area contributed by atoms with Gasteiger partial charge in [0, 0.05) is 17.8 Å². The molecular weight excluding hydrogens is 326 g/mol. The Kier molecular flexibility index (Phi) is 7.68. The molecule has 2 amide bonds. The highest BCUT2D eigenvalue weighted by Crippen LogP contribution is 2.16. The number of benzene rings is 2. The van der Waals surface area contributed by atoms with E-state index in [0.717, 1.165) is 24.1 Å². The molecule has 1 unspecified atom stereocenters. The Labute approximate surface area is 155 Å². The predicted octanol–water partition coefficient (Wildman–Crippen LogP) is 3.51. The first-order valence-electron chi connectivity index (χ1n) is 9.10. The lowest BCUT2D eigenvalue weighted by molar-refractivity contribution is -0.120. The first-order chi connectivity index (χ1) is 12.6. The van der Waals surface area contributed by atoms with Crippen LogP contribution in [0.5, 0.6) is 0 Å². The van der Waals surface area contributed by atoms with E-state index in [1.807, 2.05) is 50.2 Å². The SMILES string of the molecule is CCCNC(=O)c1cccc(NCC(=O)NC(CC)c2ccccc2)c1. The number of hydrogen-bond donors (Lipinski definition) is 3. The van der Waals surface area contributed by atoms with Crippen LogP contribution in [0.2, 0.25) is 0 Å². The average Bonchev–Trinajstić information content (AvgIpc) is 2.69. The summed E-state index contributed by atoms with van der Waals surface area (Å²) in [5.41, 5.74) is 2.43. The smallest absolute Gasteiger partial charge is 0.251 e. The fourth-order valence-electron chi connectivity index (χ4n) is 2.65. The third-order valence-electron chi connectivity index (χ3n) is 4.06. The molecule has 0 aliphatic rings. The molecule has 1 atom stereocenters. The maximum absolute atomic E-state index is 12.3. The zero-order valence-electron chi connectivity index (χ0n) is 15.4. The maximum atomic E-state index is 12.3. The molecule has 0 aromatic heterocycles. The Hall–Kier alpha value is -2.82. The largest absolute Gasteiger partial charge is 0.376 e. The summed E-state index contributed by atoms with van der Waals surface area (Å²) in [4.78, 5) is 24.3. The second kappa shape index (κ2) is 10.2. The molecule has 0 fully saturated rings. The van der Waals surface area contributed by atoms with Gasteiger partial charge in [0.2, 0.25) is 5.91 Å². The number of carbonyl (C=O) groups excluding carboxylic acids is 2. The van der Waals surface area contributed by atoms with E-state index in [1.54, 1.807) is 18.2 Å². The predicted molar refractivity (Wildman–Crippen MR) is 105 cm³/mol. The second-order valence-corrected chi connectivity index (χ2v) is 6.13. The van der Waals surface area contributed by atoms with Crippen LogP contribution < -0.4 is 16.0 Å². The second-order valence-electron chi connectivity index (χ2n) is 6.13. The van der Waals surface area contributed by atoms with Gasteiger partial charge in [0.05, 0.1) is 12.6 Å². The van der Waals surface area contributed by atoms with E-state index in [1.165, 1.54) is 0 Å². The molecule has 5 nitrogen and oxygen atoms in total. The van der Waals surface area contributed by atoms with Crippen molar-refractivity contribution >= 4 is 17.5 Å². The molecule has 138 valence electrons. The molecular formula is C21H27N3O2. The van der Waals surface area contributed by atoms with Crippen LogP contribution in [0.3, 0.4) is 0 Å². The van der Waals surface area contributed by atoms with E-state index in [2.05, 4.69) is 16.0 Å². The summed E-state index contributed by atoms with van der Waals surface area (Å²) in [6, 6.07) is 17.1. The molecule has 0 spiro atoms. The number of nitrogens with one attached hydrogen (secondary N) is 3. The Morgan fingerprint density at radius 1 is 1.00 bits per heavy atom. The minimum Gasteiger partial charge on any atom is -0.376 e. The molecule has 3 N–H and O–H groups in total. The van der Waals surface area contributed by atoms with Gasteiger partial charge in [0.25, 0.3) is 5.91 Å². The average molecular weight is 353 g/mol. The topological polar surface area (TPSA) is 70.2 Å². The first kappa shape index (κ1) is 19.5. The van der Waals surface area contributed by atoms with Gasteiger partial charge in [-0.15, -0.1) is 0 Å². The molecule has 2 rings (SSSR count). The summed E-state index contributed by atoms with van der Waals surface area (Å²) in [7, 11) is 0. The van der Waals surface area contributed by atoms with Gasteiger partial charge in [0.1, 0.15) is 0 Å². The Morgan fingerprint density at radius 3 is 2.46 bits per heavy atom. The number of anilines is 1. The molecule has 0 aliphatic heterocycles. The molecule has 2 aromatic carbocycles. The van der Waals surface area contributed by atoms with Crippen molar-refractivity contribution < 1.29 is 9.59 Å². The molecule has 0 saturated heterocycles. The van der Waals surface area contributed by atoms with Crippen molar-refractivity contribution in [2.45, 2.75) is 32.7 Å². The van der Waals surface area contributed by atoms with Crippen LogP contribution in [0, 0.1) is 0 Å². The summed E-state index contributed by atoms with van der Waals surface area (Å²) in [5, 5.41) is 8.97. The zero-order valence-corrected chi connectivity index (χ0v) is 15.4. The van der Waals surface area contributed by atoms with Gasteiger partial charge in [-0.05, 0) is 36.6 Å². The van der Waals surface area contributed by atoms with Gasteiger partial charge in [-0.1, -0.05) is 50.2 Å². The van der Waals surface area contributed by atoms with Crippen molar-refractivity contribution in [2.24, 2.45) is 0 Å². The fourth-order valence-corrected chi connectivity index (χ4v) is 2.65. The third-order valence-corrected chi connectivity index (χ3v) is 4.06. The van der Waals surface area contributed by atoms with E-state index in [4.69, 9.17) is 0 Å². The van der Waals surface area contributed by atoms with Crippen LogP contribution in [0.25, 0.3) is 0 Å². The summed E-state index contributed by atoms with van der Waals surface area (Å²) >= 11 is 0. The van der Waals surface area contributed by atoms with Gasteiger partial charge >= 0.3 is 0 Å². The van der Waals surface area contributed by atoms with Crippen molar-refractivity contribution in [3.63, 3.8) is 0 Å². The number of amides is 2. The molecule has 5 heteroatoms. The van der Waals surface area contributed by atoms with E-state index in [9.17, 15) is 9.59 Å². The normalized spacial score (nSPS) is 11.5. The lowest BCUT2D eigenvalue weighted by Crippen LogP contribution is -2.33. The van der Waals surface area contributed by atoms with Gasteiger partial charge in [-0.2, -0.15) is 0 Å². The Bertz CT molecular complexity index is 716. The molecule has 0 aliphatic carbocycles. The molecule has 0 heterocycles. The summed E-state index contributed by atoms with van der Waals surface area (Å²) in [6.45, 7) is 4.86. The third kappa shape index (κ3) is 5.92.